The summed E-state index contributed by atoms with van der Waals surface area (Å²) in [7, 11) is 0. The molecule has 0 aromatic carbocycles. The van der Waals surface area contributed by atoms with Crippen LogP contribution in [0.1, 0.15) is 20.8 Å². The molecule has 1 aliphatic heterocycles. The van der Waals surface area contributed by atoms with Crippen LogP contribution in [0.15, 0.2) is 0 Å². The van der Waals surface area contributed by atoms with Gasteiger partial charge in [-0.05, 0) is 25.1 Å². The maximum atomic E-state index is 11.4. The Balaban J connectivity index is 2.47. The molecule has 1 fully saturated rings. The highest BCUT2D eigenvalue weighted by Gasteiger charge is 2.26. The molecule has 4 nitrogen and oxygen atoms in total. The van der Waals surface area contributed by atoms with Crippen LogP contribution in [-0.4, -0.2) is 41.6 Å². The summed E-state index contributed by atoms with van der Waals surface area (Å²) in [6.45, 7) is 8.44. The Kier molecular flexibility index (Phi) is 4.32. The van der Waals surface area contributed by atoms with E-state index in [1.54, 1.807) is 0 Å². The molecule has 5 heteroatoms. The minimum absolute atomic E-state index is 0.0509. The van der Waals surface area contributed by atoms with Gasteiger partial charge in [-0.3, -0.25) is 4.79 Å². The van der Waals surface area contributed by atoms with Crippen LogP contribution in [0.25, 0.3) is 0 Å². The van der Waals surface area contributed by atoms with Gasteiger partial charge in [0.05, 0.1) is 0 Å². The summed E-state index contributed by atoms with van der Waals surface area (Å²) in [6.07, 6.45) is 0. The second kappa shape index (κ2) is 5.30. The van der Waals surface area contributed by atoms with E-state index < -0.39 is 0 Å². The highest BCUT2D eigenvalue weighted by molar-refractivity contribution is 7.80. The number of nitrogens with one attached hydrogen (secondary N) is 2. The lowest BCUT2D eigenvalue weighted by atomic mass is 10.2. The zero-order chi connectivity index (χ0) is 11.4. The molecule has 0 saturated carbocycles. The van der Waals surface area contributed by atoms with Gasteiger partial charge in [-0.1, -0.05) is 13.8 Å². The first kappa shape index (κ1) is 12.2. The summed E-state index contributed by atoms with van der Waals surface area (Å²) < 4.78 is 0. The van der Waals surface area contributed by atoms with Crippen molar-refractivity contribution in [3.8, 4) is 0 Å². The molecule has 0 bridgehead atoms. The summed E-state index contributed by atoms with van der Waals surface area (Å²) in [4.78, 5) is 13.3. The molecule has 15 heavy (non-hydrogen) atoms. The van der Waals surface area contributed by atoms with E-state index in [2.05, 4.69) is 24.5 Å². The van der Waals surface area contributed by atoms with Crippen molar-refractivity contribution in [3.05, 3.63) is 0 Å². The van der Waals surface area contributed by atoms with Gasteiger partial charge in [-0.25, -0.2) is 0 Å². The lowest BCUT2D eigenvalue weighted by Crippen LogP contribution is -2.58. The number of carbonyl (C=O) groups excluding carboxylic acids is 1. The maximum Gasteiger partial charge on any atom is 0.242 e. The number of amides is 1. The molecule has 1 saturated heterocycles. The quantitative estimate of drug-likeness (QED) is 0.670. The van der Waals surface area contributed by atoms with Gasteiger partial charge in [-0.2, -0.15) is 0 Å². The highest BCUT2D eigenvalue weighted by atomic mass is 32.1. The number of nitrogens with zero attached hydrogens (tertiary/aromatic N) is 1. The number of carbonyl (C=O) groups is 1. The second-order valence-electron chi connectivity index (χ2n) is 4.24. The van der Waals surface area contributed by atoms with Gasteiger partial charge < -0.3 is 15.5 Å². The van der Waals surface area contributed by atoms with Gasteiger partial charge in [0.25, 0.3) is 0 Å². The smallest absolute Gasteiger partial charge is 0.242 e. The molecule has 0 aliphatic carbocycles. The molecule has 1 heterocycles. The van der Waals surface area contributed by atoms with Crippen molar-refractivity contribution in [3.63, 3.8) is 0 Å². The molecule has 1 unspecified atom stereocenters. The summed E-state index contributed by atoms with van der Waals surface area (Å²) in [5, 5.41) is 6.68. The van der Waals surface area contributed by atoms with E-state index in [9.17, 15) is 4.79 Å². The summed E-state index contributed by atoms with van der Waals surface area (Å²) in [6, 6.07) is -0.161. The third-order valence-electron chi connectivity index (χ3n) is 2.42. The normalized spacial score (nSPS) is 21.5. The molecule has 0 aromatic heterocycles. The van der Waals surface area contributed by atoms with E-state index in [0.29, 0.717) is 17.6 Å². The standard InChI is InChI=1S/C10H19N3OS/c1-7(2)6-12-10(15)13-5-4-11-9(14)8(13)3/h7-8H,4-6H2,1-3H3,(H,11,14)(H,12,15). The molecule has 1 rings (SSSR count). The Bertz CT molecular complexity index is 255. The molecule has 2 N–H and O–H groups in total. The van der Waals surface area contributed by atoms with Gasteiger partial charge in [0.15, 0.2) is 5.11 Å². The van der Waals surface area contributed by atoms with Crippen molar-refractivity contribution in [2.24, 2.45) is 5.92 Å². The summed E-state index contributed by atoms with van der Waals surface area (Å²) >= 11 is 5.26. The fourth-order valence-electron chi connectivity index (χ4n) is 1.45. The summed E-state index contributed by atoms with van der Waals surface area (Å²) in [5.41, 5.74) is 0. The second-order valence-corrected chi connectivity index (χ2v) is 4.63. The predicted octanol–water partition coefficient (Wildman–Crippen LogP) is 0.337. The van der Waals surface area contributed by atoms with Crippen molar-refractivity contribution >= 4 is 23.2 Å². The third-order valence-corrected chi connectivity index (χ3v) is 2.80. The molecular formula is C10H19N3OS. The molecule has 0 spiro atoms. The first-order valence-electron chi connectivity index (χ1n) is 5.34. The Morgan fingerprint density at radius 2 is 2.40 bits per heavy atom. The van der Waals surface area contributed by atoms with Gasteiger partial charge in [-0.15, -0.1) is 0 Å². The van der Waals surface area contributed by atoms with Crippen LogP contribution in [0.5, 0.6) is 0 Å². The van der Waals surface area contributed by atoms with Crippen LogP contribution in [0, 0.1) is 5.92 Å². The van der Waals surface area contributed by atoms with E-state index >= 15 is 0 Å². The van der Waals surface area contributed by atoms with Crippen LogP contribution in [-0.2, 0) is 4.79 Å². The minimum atomic E-state index is -0.161. The van der Waals surface area contributed by atoms with Crippen LogP contribution in [0.4, 0.5) is 0 Å². The fraction of sp³-hybridized carbons (Fsp3) is 0.800. The average molecular weight is 229 g/mol. The van der Waals surface area contributed by atoms with Gasteiger partial charge in [0, 0.05) is 19.6 Å². The lowest BCUT2D eigenvalue weighted by Gasteiger charge is -2.35. The number of piperazine rings is 1. The number of thiocarbonyl (C=S) groups is 1. The topological polar surface area (TPSA) is 44.4 Å². The minimum Gasteiger partial charge on any atom is -0.362 e. The third kappa shape index (κ3) is 3.34. The molecular weight excluding hydrogens is 210 g/mol. The van der Waals surface area contributed by atoms with Crippen molar-refractivity contribution < 1.29 is 4.79 Å². The van der Waals surface area contributed by atoms with Crippen molar-refractivity contribution in [1.29, 1.82) is 0 Å². The first-order valence-corrected chi connectivity index (χ1v) is 5.75. The Hall–Kier alpha value is -0.840. The first-order chi connectivity index (χ1) is 7.02. The van der Waals surface area contributed by atoms with Crippen molar-refractivity contribution in [1.82, 2.24) is 15.5 Å². The van der Waals surface area contributed by atoms with E-state index in [4.69, 9.17) is 12.2 Å². The largest absolute Gasteiger partial charge is 0.362 e. The molecule has 86 valence electrons. The molecule has 1 atom stereocenters. The van der Waals surface area contributed by atoms with E-state index in [0.717, 1.165) is 13.1 Å². The van der Waals surface area contributed by atoms with E-state index in [-0.39, 0.29) is 11.9 Å². The molecule has 0 radical (unpaired) electrons. The van der Waals surface area contributed by atoms with Gasteiger partial charge in [0.2, 0.25) is 5.91 Å². The van der Waals surface area contributed by atoms with Crippen LogP contribution >= 0.6 is 12.2 Å². The predicted molar refractivity (Wildman–Crippen MR) is 64.6 cm³/mol. The fourth-order valence-corrected chi connectivity index (χ4v) is 1.79. The van der Waals surface area contributed by atoms with Crippen LogP contribution in [0.2, 0.25) is 0 Å². The van der Waals surface area contributed by atoms with Crippen LogP contribution < -0.4 is 10.6 Å². The Morgan fingerprint density at radius 1 is 1.73 bits per heavy atom. The summed E-state index contributed by atoms with van der Waals surface area (Å²) in [5.74, 6) is 0.604. The molecule has 0 aromatic rings. The number of hydrogen-bond donors (Lipinski definition) is 2. The average Bonchev–Trinajstić information content (AvgIpc) is 2.18. The van der Waals surface area contributed by atoms with Gasteiger partial charge in [0.1, 0.15) is 6.04 Å². The van der Waals surface area contributed by atoms with E-state index in [1.807, 2.05) is 11.8 Å². The Labute approximate surface area is 96.4 Å². The van der Waals surface area contributed by atoms with Crippen molar-refractivity contribution in [2.45, 2.75) is 26.8 Å². The zero-order valence-corrected chi connectivity index (χ0v) is 10.4. The lowest BCUT2D eigenvalue weighted by molar-refractivity contribution is -0.126. The highest BCUT2D eigenvalue weighted by Crippen LogP contribution is 2.04. The number of rotatable bonds is 2. The van der Waals surface area contributed by atoms with Crippen LogP contribution in [0.3, 0.4) is 0 Å². The molecule has 1 amide bonds. The molecule has 1 aliphatic rings. The Morgan fingerprint density at radius 3 is 3.00 bits per heavy atom. The maximum absolute atomic E-state index is 11.4. The van der Waals surface area contributed by atoms with Gasteiger partial charge >= 0.3 is 0 Å². The number of hydrogen-bond acceptors (Lipinski definition) is 2. The monoisotopic (exact) mass is 229 g/mol. The SMILES string of the molecule is CC(C)CNC(=S)N1CCNC(=O)C1C. The van der Waals surface area contributed by atoms with Crippen molar-refractivity contribution in [2.75, 3.05) is 19.6 Å². The van der Waals surface area contributed by atoms with E-state index in [1.165, 1.54) is 0 Å². The zero-order valence-electron chi connectivity index (χ0n) is 9.54.